The number of carbonyl (C=O) groups is 1. The molecule has 1 N–H and O–H groups in total. The third-order valence-electron chi connectivity index (χ3n) is 3.43. The third kappa shape index (κ3) is 2.62. The van der Waals surface area contributed by atoms with Crippen molar-refractivity contribution in [3.05, 3.63) is 17.3 Å². The number of nitrogens with zero attached hydrogens (tertiary/aromatic N) is 2. The van der Waals surface area contributed by atoms with Crippen molar-refractivity contribution in [1.29, 1.82) is 0 Å². The minimum atomic E-state index is -0.169. The molecule has 98 valence electrons. The number of anilines is 1. The average Bonchev–Trinajstić information content (AvgIpc) is 2.56. The van der Waals surface area contributed by atoms with Gasteiger partial charge >= 0.3 is 0 Å². The van der Waals surface area contributed by atoms with Gasteiger partial charge in [0.1, 0.15) is 0 Å². The van der Waals surface area contributed by atoms with Gasteiger partial charge in [-0.05, 0) is 31.9 Å². The maximum atomic E-state index is 12.2. The summed E-state index contributed by atoms with van der Waals surface area (Å²) in [7, 11) is 0. The summed E-state index contributed by atoms with van der Waals surface area (Å²) in [4.78, 5) is 12.2. The molecule has 1 saturated heterocycles. The van der Waals surface area contributed by atoms with Crippen LogP contribution >= 0.6 is 11.6 Å². The highest BCUT2D eigenvalue weighted by Crippen LogP contribution is 2.32. The van der Waals surface area contributed by atoms with E-state index in [0.29, 0.717) is 11.0 Å². The van der Waals surface area contributed by atoms with Crippen LogP contribution in [0.3, 0.4) is 0 Å². The summed E-state index contributed by atoms with van der Waals surface area (Å²) in [6.45, 7) is 5.92. The Balaban J connectivity index is 2.06. The molecule has 18 heavy (non-hydrogen) atoms. The molecule has 1 fully saturated rings. The van der Waals surface area contributed by atoms with Crippen LogP contribution in [-0.4, -0.2) is 28.3 Å². The predicted octanol–water partition coefficient (Wildman–Crippen LogP) is 2.13. The molecule has 0 aliphatic carbocycles. The summed E-state index contributed by atoms with van der Waals surface area (Å²) in [5, 5.41) is 10.5. The second-order valence-corrected chi connectivity index (χ2v) is 5.05. The molecule has 0 saturated carbocycles. The molecule has 5 nitrogen and oxygen atoms in total. The highest BCUT2D eigenvalue weighted by Gasteiger charge is 2.41. The molecule has 4 atom stereocenters. The lowest BCUT2D eigenvalue weighted by Crippen LogP contribution is -2.32. The van der Waals surface area contributed by atoms with Gasteiger partial charge in [0.05, 0.1) is 18.1 Å². The molecule has 1 aliphatic rings. The maximum absolute atomic E-state index is 12.2. The fourth-order valence-electron chi connectivity index (χ4n) is 2.31. The van der Waals surface area contributed by atoms with E-state index in [1.165, 1.54) is 0 Å². The van der Waals surface area contributed by atoms with E-state index in [1.54, 1.807) is 12.1 Å². The number of rotatable bonds is 2. The summed E-state index contributed by atoms with van der Waals surface area (Å²) in [6, 6.07) is 3.21. The van der Waals surface area contributed by atoms with Crippen molar-refractivity contribution in [3.63, 3.8) is 0 Å². The molecule has 0 bridgehead atoms. The third-order valence-corrected chi connectivity index (χ3v) is 3.63. The van der Waals surface area contributed by atoms with Crippen LogP contribution < -0.4 is 5.32 Å². The first-order chi connectivity index (χ1) is 8.49. The zero-order valence-corrected chi connectivity index (χ0v) is 11.3. The van der Waals surface area contributed by atoms with Crippen LogP contribution in [0.25, 0.3) is 0 Å². The largest absolute Gasteiger partial charge is 0.374 e. The van der Waals surface area contributed by atoms with Crippen LogP contribution in [0.2, 0.25) is 5.15 Å². The first-order valence-corrected chi connectivity index (χ1v) is 6.32. The Morgan fingerprint density at radius 2 is 2.00 bits per heavy atom. The highest BCUT2D eigenvalue weighted by atomic mass is 35.5. The van der Waals surface area contributed by atoms with Gasteiger partial charge < -0.3 is 10.1 Å². The summed E-state index contributed by atoms with van der Waals surface area (Å²) < 4.78 is 5.65. The van der Waals surface area contributed by atoms with Crippen molar-refractivity contribution in [3.8, 4) is 0 Å². The number of amides is 1. The van der Waals surface area contributed by atoms with Gasteiger partial charge in [-0.2, -0.15) is 0 Å². The van der Waals surface area contributed by atoms with E-state index in [0.717, 1.165) is 0 Å². The van der Waals surface area contributed by atoms with Crippen LogP contribution in [0, 0.1) is 11.8 Å². The smallest absolute Gasteiger partial charge is 0.231 e. The standard InChI is InChI=1S/C12H16ClN3O2/c1-6-7(2)18-8(3)11(6)12(17)14-10-5-4-9(13)15-16-10/h4-8,11H,1-3H3,(H,14,16,17). The fraction of sp³-hybridized carbons (Fsp3) is 0.583. The minimum absolute atomic E-state index is 0.0871. The number of ether oxygens (including phenoxy) is 1. The number of hydrogen-bond acceptors (Lipinski definition) is 4. The van der Waals surface area contributed by atoms with Crippen LogP contribution in [0.5, 0.6) is 0 Å². The van der Waals surface area contributed by atoms with Gasteiger partial charge in [-0.1, -0.05) is 18.5 Å². The van der Waals surface area contributed by atoms with Gasteiger partial charge in [0.15, 0.2) is 11.0 Å². The zero-order valence-electron chi connectivity index (χ0n) is 10.6. The molecule has 2 heterocycles. The quantitative estimate of drug-likeness (QED) is 0.893. The van der Waals surface area contributed by atoms with Gasteiger partial charge in [0.2, 0.25) is 5.91 Å². The zero-order chi connectivity index (χ0) is 13.3. The Kier molecular flexibility index (Phi) is 3.82. The van der Waals surface area contributed by atoms with Crippen molar-refractivity contribution >= 4 is 23.3 Å². The molecule has 0 spiro atoms. The van der Waals surface area contributed by atoms with Crippen molar-refractivity contribution in [2.45, 2.75) is 33.0 Å². The Labute approximate surface area is 111 Å². The summed E-state index contributed by atoms with van der Waals surface area (Å²) in [5.41, 5.74) is 0. The Morgan fingerprint density at radius 3 is 2.50 bits per heavy atom. The number of halogens is 1. The van der Waals surface area contributed by atoms with E-state index in [-0.39, 0.29) is 30.0 Å². The first-order valence-electron chi connectivity index (χ1n) is 5.94. The minimum Gasteiger partial charge on any atom is -0.374 e. The molecule has 1 amide bonds. The normalized spacial score (nSPS) is 31.3. The van der Waals surface area contributed by atoms with Gasteiger partial charge in [-0.15, -0.1) is 10.2 Å². The summed E-state index contributed by atoms with van der Waals surface area (Å²) in [5.74, 6) is 0.331. The molecule has 0 aromatic carbocycles. The van der Waals surface area contributed by atoms with Gasteiger partial charge in [-0.25, -0.2) is 0 Å². The van der Waals surface area contributed by atoms with Crippen LogP contribution in [0.1, 0.15) is 20.8 Å². The van der Waals surface area contributed by atoms with E-state index < -0.39 is 0 Å². The van der Waals surface area contributed by atoms with Crippen molar-refractivity contribution < 1.29 is 9.53 Å². The van der Waals surface area contributed by atoms with Gasteiger partial charge in [0.25, 0.3) is 0 Å². The summed E-state index contributed by atoms with van der Waals surface area (Å²) >= 11 is 5.63. The predicted molar refractivity (Wildman–Crippen MR) is 68.3 cm³/mol. The molecular formula is C12H16ClN3O2. The SMILES string of the molecule is CC1OC(C)C(C(=O)Nc2ccc(Cl)nn2)C1C. The topological polar surface area (TPSA) is 64.1 Å². The van der Waals surface area contributed by atoms with Crippen molar-refractivity contribution in [1.82, 2.24) is 10.2 Å². The number of hydrogen-bond donors (Lipinski definition) is 1. The number of aromatic nitrogens is 2. The van der Waals surface area contributed by atoms with Crippen LogP contribution in [0.15, 0.2) is 12.1 Å². The lowest BCUT2D eigenvalue weighted by atomic mass is 9.89. The van der Waals surface area contributed by atoms with E-state index in [2.05, 4.69) is 15.5 Å². The average molecular weight is 270 g/mol. The second-order valence-electron chi connectivity index (χ2n) is 4.66. The second kappa shape index (κ2) is 5.20. The maximum Gasteiger partial charge on any atom is 0.231 e. The molecule has 6 heteroatoms. The number of nitrogens with one attached hydrogen (secondary N) is 1. The summed E-state index contributed by atoms with van der Waals surface area (Å²) in [6.07, 6.45) is 0.00214. The molecule has 0 radical (unpaired) electrons. The molecule has 1 aromatic heterocycles. The van der Waals surface area contributed by atoms with Crippen LogP contribution in [-0.2, 0) is 9.53 Å². The lowest BCUT2D eigenvalue weighted by Gasteiger charge is -2.17. The van der Waals surface area contributed by atoms with E-state index in [9.17, 15) is 4.79 Å². The number of carbonyl (C=O) groups excluding carboxylic acids is 1. The van der Waals surface area contributed by atoms with E-state index in [4.69, 9.17) is 16.3 Å². The van der Waals surface area contributed by atoms with E-state index >= 15 is 0 Å². The Hall–Kier alpha value is -1.20. The monoisotopic (exact) mass is 269 g/mol. The fourth-order valence-corrected chi connectivity index (χ4v) is 2.41. The van der Waals surface area contributed by atoms with Gasteiger partial charge in [-0.3, -0.25) is 4.79 Å². The Bertz CT molecular complexity index is 437. The molecule has 2 rings (SSSR count). The first kappa shape index (κ1) is 13.2. The van der Waals surface area contributed by atoms with Crippen LogP contribution in [0.4, 0.5) is 5.82 Å². The Morgan fingerprint density at radius 1 is 1.28 bits per heavy atom. The van der Waals surface area contributed by atoms with Crippen molar-refractivity contribution in [2.24, 2.45) is 11.8 Å². The molecule has 1 aromatic rings. The van der Waals surface area contributed by atoms with Crippen molar-refractivity contribution in [2.75, 3.05) is 5.32 Å². The van der Waals surface area contributed by atoms with E-state index in [1.807, 2.05) is 20.8 Å². The lowest BCUT2D eigenvalue weighted by molar-refractivity contribution is -0.122. The highest BCUT2D eigenvalue weighted by molar-refractivity contribution is 6.29. The molecule has 1 aliphatic heterocycles. The molecule has 4 unspecified atom stereocenters. The van der Waals surface area contributed by atoms with Gasteiger partial charge in [0, 0.05) is 0 Å². The molecular weight excluding hydrogens is 254 g/mol.